The Morgan fingerprint density at radius 3 is 2.35 bits per heavy atom. The van der Waals surface area contributed by atoms with Gasteiger partial charge in [0.1, 0.15) is 5.82 Å². The fourth-order valence-electron chi connectivity index (χ4n) is 2.15. The lowest BCUT2D eigenvalue weighted by molar-refractivity contribution is 0.168. The summed E-state index contributed by atoms with van der Waals surface area (Å²) in [5, 5.41) is 4.95. The van der Waals surface area contributed by atoms with Crippen LogP contribution in [0.4, 0.5) is 26.2 Å². The molecule has 0 aromatic heterocycles. The molecule has 26 heavy (non-hydrogen) atoms. The lowest BCUT2D eigenvalue weighted by atomic mass is 10.2. The molecule has 0 aliphatic heterocycles. The first-order valence-corrected chi connectivity index (χ1v) is 9.63. The molecular weight excluding hydrogens is 359 g/mol. The fourth-order valence-corrected chi connectivity index (χ4v) is 3.23. The van der Waals surface area contributed by atoms with Crippen molar-refractivity contribution in [1.29, 1.82) is 0 Å². The molecule has 140 valence electrons. The van der Waals surface area contributed by atoms with E-state index in [0.29, 0.717) is 11.4 Å². The lowest BCUT2D eigenvalue weighted by Crippen LogP contribution is -2.17. The quantitative estimate of drug-likeness (QED) is 0.780. The summed E-state index contributed by atoms with van der Waals surface area (Å²) in [4.78, 5) is 11.9. The Bertz CT molecular complexity index is 881. The molecule has 0 unspecified atom stereocenters. The summed E-state index contributed by atoms with van der Waals surface area (Å²) in [6.07, 6.45) is -0.700. The Morgan fingerprint density at radius 1 is 1.12 bits per heavy atom. The van der Waals surface area contributed by atoms with Crippen LogP contribution in [0.15, 0.2) is 47.4 Å². The predicted octanol–water partition coefficient (Wildman–Crippen LogP) is 4.32. The number of carbonyl (C=O) groups excluding carboxylic acids is 1. The Labute approximate surface area is 152 Å². The van der Waals surface area contributed by atoms with E-state index in [-0.39, 0.29) is 23.0 Å². The summed E-state index contributed by atoms with van der Waals surface area (Å²) in [6.45, 7) is 5.00. The molecule has 0 atom stereocenters. The molecule has 0 bridgehead atoms. The number of sulfone groups is 1. The highest BCUT2D eigenvalue weighted by molar-refractivity contribution is 7.92. The van der Waals surface area contributed by atoms with Crippen molar-refractivity contribution >= 4 is 33.0 Å². The van der Waals surface area contributed by atoms with E-state index in [1.807, 2.05) is 0 Å². The Balaban J connectivity index is 2.42. The third-order valence-electron chi connectivity index (χ3n) is 3.58. The van der Waals surface area contributed by atoms with Gasteiger partial charge in [0.2, 0.25) is 0 Å². The third kappa shape index (κ3) is 4.72. The van der Waals surface area contributed by atoms with Crippen molar-refractivity contribution in [1.82, 2.24) is 0 Å². The second kappa shape index (κ2) is 8.18. The van der Waals surface area contributed by atoms with Gasteiger partial charge in [-0.05, 0) is 63.2 Å². The lowest BCUT2D eigenvalue weighted by Gasteiger charge is -2.16. The average molecular weight is 380 g/mol. The van der Waals surface area contributed by atoms with Gasteiger partial charge in [-0.1, -0.05) is 0 Å². The van der Waals surface area contributed by atoms with Crippen LogP contribution < -0.4 is 10.6 Å². The van der Waals surface area contributed by atoms with E-state index >= 15 is 0 Å². The van der Waals surface area contributed by atoms with Crippen molar-refractivity contribution in [2.45, 2.75) is 30.9 Å². The molecule has 0 aliphatic rings. The minimum atomic E-state index is -3.51. The molecule has 0 saturated carbocycles. The predicted molar refractivity (Wildman–Crippen MR) is 99.1 cm³/mol. The first-order chi connectivity index (χ1) is 12.2. The van der Waals surface area contributed by atoms with Crippen molar-refractivity contribution < 1.29 is 22.3 Å². The molecule has 0 aliphatic carbocycles. The van der Waals surface area contributed by atoms with Crippen LogP contribution in [-0.4, -0.2) is 26.4 Å². The van der Waals surface area contributed by atoms with Gasteiger partial charge in [0, 0.05) is 5.69 Å². The number of benzene rings is 2. The molecule has 2 N–H and O–H groups in total. The van der Waals surface area contributed by atoms with E-state index < -0.39 is 21.2 Å². The van der Waals surface area contributed by atoms with Crippen LogP contribution in [0.3, 0.4) is 0 Å². The number of nitrogens with one attached hydrogen (secondary N) is 2. The van der Waals surface area contributed by atoms with E-state index in [1.54, 1.807) is 26.8 Å². The van der Waals surface area contributed by atoms with Crippen molar-refractivity contribution in [2.75, 3.05) is 17.2 Å². The van der Waals surface area contributed by atoms with Gasteiger partial charge in [-0.3, -0.25) is 5.32 Å². The summed E-state index contributed by atoms with van der Waals surface area (Å²) < 4.78 is 42.7. The summed E-state index contributed by atoms with van der Waals surface area (Å²) in [6, 6.07) is 10.0. The van der Waals surface area contributed by atoms with Crippen molar-refractivity contribution in [3.63, 3.8) is 0 Å². The maximum atomic E-state index is 13.1. The van der Waals surface area contributed by atoms with Crippen LogP contribution in [0.2, 0.25) is 0 Å². The Kier molecular flexibility index (Phi) is 6.20. The van der Waals surface area contributed by atoms with Crippen LogP contribution in [-0.2, 0) is 14.6 Å². The Hall–Kier alpha value is -2.61. The second-order valence-corrected chi connectivity index (χ2v) is 8.28. The SMILES string of the molecule is CCOC(=O)Nc1cc(S(=O)(=O)C(C)C)ccc1Nc1ccc(F)cc1. The van der Waals surface area contributed by atoms with E-state index in [2.05, 4.69) is 10.6 Å². The van der Waals surface area contributed by atoms with Crippen molar-refractivity contribution in [2.24, 2.45) is 0 Å². The third-order valence-corrected chi connectivity index (χ3v) is 5.73. The number of hydrogen-bond donors (Lipinski definition) is 2. The maximum absolute atomic E-state index is 13.1. The number of halogens is 1. The molecule has 2 aromatic rings. The standard InChI is InChI=1S/C18H21FN2O4S/c1-4-25-18(22)21-17-11-15(26(23,24)12(2)3)9-10-16(17)20-14-7-5-13(19)6-8-14/h5-12,20H,4H2,1-3H3,(H,21,22). The van der Waals surface area contributed by atoms with Crippen molar-refractivity contribution in [3.8, 4) is 0 Å². The normalized spacial score (nSPS) is 11.3. The zero-order chi connectivity index (χ0) is 19.3. The molecule has 0 saturated heterocycles. The minimum absolute atomic E-state index is 0.0870. The van der Waals surface area contributed by atoms with E-state index in [1.165, 1.54) is 36.4 Å². The van der Waals surface area contributed by atoms with Gasteiger partial charge in [0.05, 0.1) is 28.1 Å². The molecular formula is C18H21FN2O4S. The zero-order valence-corrected chi connectivity index (χ0v) is 15.6. The van der Waals surface area contributed by atoms with Crippen LogP contribution >= 0.6 is 0 Å². The van der Waals surface area contributed by atoms with Crippen LogP contribution in [0.25, 0.3) is 0 Å². The summed E-state index contributed by atoms with van der Waals surface area (Å²) in [5.74, 6) is -0.376. The molecule has 2 aromatic carbocycles. The molecule has 6 nitrogen and oxygen atoms in total. The summed E-state index contributed by atoms with van der Waals surface area (Å²) in [5.41, 5.74) is 1.28. The Morgan fingerprint density at radius 2 is 1.77 bits per heavy atom. The van der Waals surface area contributed by atoms with Crippen LogP contribution in [0.1, 0.15) is 20.8 Å². The number of amides is 1. The first-order valence-electron chi connectivity index (χ1n) is 8.08. The number of anilines is 3. The van der Waals surface area contributed by atoms with Gasteiger partial charge < -0.3 is 10.1 Å². The number of carbonyl (C=O) groups is 1. The largest absolute Gasteiger partial charge is 0.450 e. The summed E-state index contributed by atoms with van der Waals surface area (Å²) >= 11 is 0. The number of ether oxygens (including phenoxy) is 1. The fraction of sp³-hybridized carbons (Fsp3) is 0.278. The van der Waals surface area contributed by atoms with Gasteiger partial charge in [-0.25, -0.2) is 17.6 Å². The first kappa shape index (κ1) is 19.7. The van der Waals surface area contributed by atoms with E-state index in [4.69, 9.17) is 4.74 Å². The average Bonchev–Trinajstić information content (AvgIpc) is 2.58. The van der Waals surface area contributed by atoms with Gasteiger partial charge in [-0.2, -0.15) is 0 Å². The molecule has 0 spiro atoms. The molecule has 1 amide bonds. The van der Waals surface area contributed by atoms with Gasteiger partial charge >= 0.3 is 6.09 Å². The number of rotatable bonds is 6. The molecule has 0 heterocycles. The molecule has 8 heteroatoms. The maximum Gasteiger partial charge on any atom is 0.411 e. The smallest absolute Gasteiger partial charge is 0.411 e. The highest BCUT2D eigenvalue weighted by atomic mass is 32.2. The van der Waals surface area contributed by atoms with E-state index in [0.717, 1.165) is 0 Å². The molecule has 2 rings (SSSR count). The molecule has 0 fully saturated rings. The van der Waals surface area contributed by atoms with Crippen molar-refractivity contribution in [3.05, 3.63) is 48.3 Å². The van der Waals surface area contributed by atoms with Crippen LogP contribution in [0, 0.1) is 5.82 Å². The second-order valence-electron chi connectivity index (χ2n) is 5.78. The zero-order valence-electron chi connectivity index (χ0n) is 14.7. The minimum Gasteiger partial charge on any atom is -0.450 e. The van der Waals surface area contributed by atoms with Gasteiger partial charge in [0.25, 0.3) is 0 Å². The number of hydrogen-bond acceptors (Lipinski definition) is 5. The monoisotopic (exact) mass is 380 g/mol. The van der Waals surface area contributed by atoms with Crippen LogP contribution in [0.5, 0.6) is 0 Å². The topological polar surface area (TPSA) is 84.5 Å². The van der Waals surface area contributed by atoms with Gasteiger partial charge in [0.15, 0.2) is 9.84 Å². The van der Waals surface area contributed by atoms with E-state index in [9.17, 15) is 17.6 Å². The van der Waals surface area contributed by atoms with Gasteiger partial charge in [-0.15, -0.1) is 0 Å². The summed E-state index contributed by atoms with van der Waals surface area (Å²) in [7, 11) is -3.51. The molecule has 0 radical (unpaired) electrons. The highest BCUT2D eigenvalue weighted by Crippen LogP contribution is 2.30. The highest BCUT2D eigenvalue weighted by Gasteiger charge is 2.21.